The van der Waals surface area contributed by atoms with Crippen LogP contribution in [-0.4, -0.2) is 86.7 Å². The Balaban J connectivity index is 1.69. The molecule has 2 fully saturated rings. The maximum absolute atomic E-state index is 13.2. The highest BCUT2D eigenvalue weighted by Gasteiger charge is 2.31. The molecule has 0 saturated carbocycles. The molecule has 188 valence electrons. The van der Waals surface area contributed by atoms with Gasteiger partial charge in [-0.15, -0.1) is 0 Å². The molecule has 1 unspecified atom stereocenters. The number of likely N-dealkylation sites (N-methyl/N-ethyl adjacent to an activating group) is 1. The first-order chi connectivity index (χ1) is 16.1. The fourth-order valence-corrected chi connectivity index (χ4v) is 6.03. The number of hydrogen-bond donors (Lipinski definition) is 0. The lowest BCUT2D eigenvalue weighted by Crippen LogP contribution is -2.47. The van der Waals surface area contributed by atoms with Gasteiger partial charge in [-0.3, -0.25) is 14.4 Å². The Morgan fingerprint density at radius 2 is 1.79 bits per heavy atom. The van der Waals surface area contributed by atoms with E-state index >= 15 is 0 Å². The summed E-state index contributed by atoms with van der Waals surface area (Å²) in [6.07, 6.45) is 4.04. The van der Waals surface area contributed by atoms with Crippen molar-refractivity contribution < 1.29 is 27.5 Å². The monoisotopic (exact) mass is 493 g/mol. The second kappa shape index (κ2) is 11.3. The topological polar surface area (TPSA) is 104 Å². The molecule has 0 aliphatic carbocycles. The first-order valence-corrected chi connectivity index (χ1v) is 13.4. The normalized spacial score (nSPS) is 19.5. The SMILES string of the molecule is CCOC(=O)C1CCCN(C(=O)CN(C)C(=O)c2cc(S(=O)(=O)N3CCCCC3)ccc2C)C1. The lowest BCUT2D eigenvalue weighted by atomic mass is 9.98. The number of benzene rings is 1. The number of ether oxygens (including phenoxy) is 1. The third kappa shape index (κ3) is 5.96. The maximum Gasteiger partial charge on any atom is 0.310 e. The van der Waals surface area contributed by atoms with E-state index in [0.717, 1.165) is 19.3 Å². The van der Waals surface area contributed by atoms with Gasteiger partial charge in [-0.2, -0.15) is 4.31 Å². The van der Waals surface area contributed by atoms with Crippen LogP contribution in [0.15, 0.2) is 23.1 Å². The second-order valence-corrected chi connectivity index (χ2v) is 11.0. The summed E-state index contributed by atoms with van der Waals surface area (Å²) >= 11 is 0. The minimum absolute atomic E-state index is 0.0939. The minimum atomic E-state index is -3.68. The Morgan fingerprint density at radius 1 is 1.09 bits per heavy atom. The lowest BCUT2D eigenvalue weighted by Gasteiger charge is -2.32. The van der Waals surface area contributed by atoms with E-state index in [-0.39, 0.29) is 41.3 Å². The van der Waals surface area contributed by atoms with Crippen molar-refractivity contribution in [3.05, 3.63) is 29.3 Å². The molecule has 34 heavy (non-hydrogen) atoms. The van der Waals surface area contributed by atoms with E-state index < -0.39 is 15.9 Å². The molecular formula is C24H35N3O6S. The van der Waals surface area contributed by atoms with Crippen molar-refractivity contribution in [3.63, 3.8) is 0 Å². The van der Waals surface area contributed by atoms with Gasteiger partial charge in [0.2, 0.25) is 15.9 Å². The predicted molar refractivity (Wildman–Crippen MR) is 127 cm³/mol. The van der Waals surface area contributed by atoms with E-state index in [1.165, 1.54) is 28.4 Å². The Kier molecular flexibility index (Phi) is 8.70. The molecule has 0 spiro atoms. The van der Waals surface area contributed by atoms with Gasteiger partial charge in [0, 0.05) is 38.8 Å². The molecule has 1 aromatic carbocycles. The molecule has 10 heteroatoms. The molecule has 9 nitrogen and oxygen atoms in total. The fraction of sp³-hybridized carbons (Fsp3) is 0.625. The summed E-state index contributed by atoms with van der Waals surface area (Å²) < 4.78 is 32.7. The number of likely N-dealkylation sites (tertiary alicyclic amines) is 1. The van der Waals surface area contributed by atoms with Gasteiger partial charge in [0.05, 0.1) is 24.0 Å². The lowest BCUT2D eigenvalue weighted by molar-refractivity contribution is -0.151. The van der Waals surface area contributed by atoms with E-state index in [1.807, 2.05) is 0 Å². The van der Waals surface area contributed by atoms with Crippen LogP contribution < -0.4 is 0 Å². The van der Waals surface area contributed by atoms with Crippen LogP contribution in [0.4, 0.5) is 0 Å². The van der Waals surface area contributed by atoms with E-state index in [4.69, 9.17) is 4.74 Å². The first kappa shape index (κ1) is 26.2. The van der Waals surface area contributed by atoms with Crippen molar-refractivity contribution in [2.24, 2.45) is 5.92 Å². The molecule has 2 amide bonds. The summed E-state index contributed by atoms with van der Waals surface area (Å²) in [5, 5.41) is 0. The molecule has 2 aliphatic heterocycles. The number of amides is 2. The standard InChI is InChI=1S/C24H35N3O6S/c1-4-33-24(30)19-9-8-12-26(16-19)22(28)17-25(3)23(29)21-15-20(11-10-18(21)2)34(31,32)27-13-6-5-7-14-27/h10-11,15,19H,4-9,12-14,16-17H2,1-3H3. The van der Waals surface area contributed by atoms with Gasteiger partial charge in [0.15, 0.2) is 0 Å². The van der Waals surface area contributed by atoms with Gasteiger partial charge < -0.3 is 14.5 Å². The number of sulfonamides is 1. The van der Waals surface area contributed by atoms with Crippen LogP contribution in [0.25, 0.3) is 0 Å². The molecule has 2 saturated heterocycles. The maximum atomic E-state index is 13.2. The highest BCUT2D eigenvalue weighted by molar-refractivity contribution is 7.89. The first-order valence-electron chi connectivity index (χ1n) is 12.0. The molecule has 1 atom stereocenters. The van der Waals surface area contributed by atoms with Crippen molar-refractivity contribution in [2.75, 3.05) is 46.4 Å². The van der Waals surface area contributed by atoms with Crippen LogP contribution in [-0.2, 0) is 24.3 Å². The number of rotatable bonds is 7. The Hall–Kier alpha value is -2.46. The molecule has 2 aliphatic rings. The van der Waals surface area contributed by atoms with Crippen LogP contribution in [0.3, 0.4) is 0 Å². The van der Waals surface area contributed by atoms with Crippen molar-refractivity contribution in [1.82, 2.24) is 14.1 Å². The third-order valence-electron chi connectivity index (χ3n) is 6.51. The van der Waals surface area contributed by atoms with E-state index in [0.29, 0.717) is 44.6 Å². The quantitative estimate of drug-likeness (QED) is 0.539. The van der Waals surface area contributed by atoms with Crippen LogP contribution in [0, 0.1) is 12.8 Å². The number of piperidine rings is 2. The number of hydrogen-bond acceptors (Lipinski definition) is 6. The van der Waals surface area contributed by atoms with Gasteiger partial charge >= 0.3 is 5.97 Å². The van der Waals surface area contributed by atoms with Crippen LogP contribution in [0.5, 0.6) is 0 Å². The van der Waals surface area contributed by atoms with Crippen molar-refractivity contribution in [1.29, 1.82) is 0 Å². The number of carbonyl (C=O) groups excluding carboxylic acids is 3. The Bertz CT molecular complexity index is 1020. The van der Waals surface area contributed by atoms with E-state index in [2.05, 4.69) is 0 Å². The summed E-state index contributed by atoms with van der Waals surface area (Å²) in [6, 6.07) is 4.58. The molecule has 0 bridgehead atoms. The van der Waals surface area contributed by atoms with Gasteiger partial charge in [-0.25, -0.2) is 8.42 Å². The Morgan fingerprint density at radius 3 is 2.47 bits per heavy atom. The molecule has 0 radical (unpaired) electrons. The minimum Gasteiger partial charge on any atom is -0.466 e. The van der Waals surface area contributed by atoms with Crippen molar-refractivity contribution in [2.45, 2.75) is 50.8 Å². The van der Waals surface area contributed by atoms with Crippen LogP contribution >= 0.6 is 0 Å². The Labute approximate surface area is 202 Å². The fourth-order valence-electron chi connectivity index (χ4n) is 4.48. The average Bonchev–Trinajstić information content (AvgIpc) is 2.84. The second-order valence-electron chi connectivity index (χ2n) is 9.03. The molecule has 2 heterocycles. The van der Waals surface area contributed by atoms with E-state index in [9.17, 15) is 22.8 Å². The third-order valence-corrected chi connectivity index (χ3v) is 8.40. The molecule has 3 rings (SSSR count). The van der Waals surface area contributed by atoms with Gasteiger partial charge in [0.25, 0.3) is 5.91 Å². The molecule has 1 aromatic rings. The van der Waals surface area contributed by atoms with Crippen molar-refractivity contribution >= 4 is 27.8 Å². The highest BCUT2D eigenvalue weighted by Crippen LogP contribution is 2.24. The summed E-state index contributed by atoms with van der Waals surface area (Å²) in [4.78, 5) is 41.1. The summed E-state index contributed by atoms with van der Waals surface area (Å²) in [6.45, 7) is 5.41. The smallest absolute Gasteiger partial charge is 0.310 e. The van der Waals surface area contributed by atoms with Crippen molar-refractivity contribution in [3.8, 4) is 0 Å². The summed E-state index contributed by atoms with van der Waals surface area (Å²) in [5.41, 5.74) is 0.902. The van der Waals surface area contributed by atoms with Gasteiger partial charge in [0.1, 0.15) is 0 Å². The molecule has 0 N–H and O–H groups in total. The van der Waals surface area contributed by atoms with Gasteiger partial charge in [-0.05, 0) is 57.2 Å². The zero-order valence-electron chi connectivity index (χ0n) is 20.3. The van der Waals surface area contributed by atoms with Crippen LogP contribution in [0.1, 0.15) is 54.9 Å². The number of aryl methyl sites for hydroxylation is 1. The summed E-state index contributed by atoms with van der Waals surface area (Å²) in [7, 11) is -2.15. The number of nitrogens with zero attached hydrogens (tertiary/aromatic N) is 3. The summed E-state index contributed by atoms with van der Waals surface area (Å²) in [5.74, 6) is -1.32. The zero-order chi connectivity index (χ0) is 24.9. The molecule has 0 aromatic heterocycles. The number of esters is 1. The van der Waals surface area contributed by atoms with E-state index in [1.54, 1.807) is 24.8 Å². The average molecular weight is 494 g/mol. The zero-order valence-corrected chi connectivity index (χ0v) is 21.1. The van der Waals surface area contributed by atoms with Gasteiger partial charge in [-0.1, -0.05) is 12.5 Å². The predicted octanol–water partition coefficient (Wildman–Crippen LogP) is 2.04. The number of carbonyl (C=O) groups is 3. The van der Waals surface area contributed by atoms with Crippen LogP contribution in [0.2, 0.25) is 0 Å². The molecular weight excluding hydrogens is 458 g/mol. The highest BCUT2D eigenvalue weighted by atomic mass is 32.2. The largest absolute Gasteiger partial charge is 0.466 e.